The Morgan fingerprint density at radius 1 is 1.38 bits per heavy atom. The molecule has 0 N–H and O–H groups in total. The number of alkyl halides is 1. The standard InChI is InChI=1S/C14H17FO/c1-10(16)12-6-2-3-7-14(12)13-8-4-5-11(13)9-15/h2-3,6-7,11,13H,4-5,8-9H2,1H3. The molecular weight excluding hydrogens is 203 g/mol. The van der Waals surface area contributed by atoms with Gasteiger partial charge in [-0.2, -0.15) is 0 Å². The highest BCUT2D eigenvalue weighted by atomic mass is 19.1. The van der Waals surface area contributed by atoms with Crippen molar-refractivity contribution in [3.63, 3.8) is 0 Å². The maximum absolute atomic E-state index is 12.9. The summed E-state index contributed by atoms with van der Waals surface area (Å²) in [6, 6.07) is 7.65. The fourth-order valence-corrected chi connectivity index (χ4v) is 2.77. The van der Waals surface area contributed by atoms with Gasteiger partial charge in [0.1, 0.15) is 0 Å². The molecule has 2 unspecified atom stereocenters. The van der Waals surface area contributed by atoms with Gasteiger partial charge in [-0.15, -0.1) is 0 Å². The predicted octanol–water partition coefficient (Wildman–Crippen LogP) is 3.74. The summed E-state index contributed by atoms with van der Waals surface area (Å²) < 4.78 is 12.9. The first-order valence-electron chi connectivity index (χ1n) is 5.90. The van der Waals surface area contributed by atoms with Crippen molar-refractivity contribution < 1.29 is 9.18 Å². The summed E-state index contributed by atoms with van der Waals surface area (Å²) in [6.07, 6.45) is 3.04. The Morgan fingerprint density at radius 3 is 2.81 bits per heavy atom. The summed E-state index contributed by atoms with van der Waals surface area (Å²) in [5.74, 6) is 0.436. The van der Waals surface area contributed by atoms with Crippen LogP contribution in [0.25, 0.3) is 0 Å². The first-order valence-corrected chi connectivity index (χ1v) is 5.90. The smallest absolute Gasteiger partial charge is 0.160 e. The van der Waals surface area contributed by atoms with Crippen LogP contribution >= 0.6 is 0 Å². The van der Waals surface area contributed by atoms with E-state index in [0.29, 0.717) is 0 Å². The average molecular weight is 220 g/mol. The Labute approximate surface area is 95.7 Å². The van der Waals surface area contributed by atoms with Crippen molar-refractivity contribution in [2.45, 2.75) is 32.1 Å². The molecular formula is C14H17FO. The lowest BCUT2D eigenvalue weighted by Crippen LogP contribution is -2.11. The fourth-order valence-electron chi connectivity index (χ4n) is 2.77. The number of rotatable bonds is 3. The Hall–Kier alpha value is -1.18. The normalized spacial score (nSPS) is 24.6. The monoisotopic (exact) mass is 220 g/mol. The molecule has 2 heteroatoms. The molecule has 0 amide bonds. The van der Waals surface area contributed by atoms with Crippen LogP contribution in [0.4, 0.5) is 4.39 Å². The van der Waals surface area contributed by atoms with Crippen molar-refractivity contribution in [2.75, 3.05) is 6.67 Å². The lowest BCUT2D eigenvalue weighted by Gasteiger charge is -2.19. The highest BCUT2D eigenvalue weighted by Gasteiger charge is 2.30. The molecule has 2 rings (SSSR count). The van der Waals surface area contributed by atoms with Crippen molar-refractivity contribution in [1.82, 2.24) is 0 Å². The molecule has 0 bridgehead atoms. The molecule has 1 fully saturated rings. The number of hydrogen-bond acceptors (Lipinski definition) is 1. The summed E-state index contributed by atoms with van der Waals surface area (Å²) in [6.45, 7) is 1.31. The van der Waals surface area contributed by atoms with Gasteiger partial charge in [-0.3, -0.25) is 9.18 Å². The van der Waals surface area contributed by atoms with Crippen molar-refractivity contribution in [3.05, 3.63) is 35.4 Å². The van der Waals surface area contributed by atoms with Gasteiger partial charge in [0, 0.05) is 5.56 Å². The third kappa shape index (κ3) is 2.01. The quantitative estimate of drug-likeness (QED) is 0.709. The number of ketones is 1. The average Bonchev–Trinajstić information content (AvgIpc) is 2.76. The Bertz CT molecular complexity index is 386. The zero-order valence-electron chi connectivity index (χ0n) is 9.58. The topological polar surface area (TPSA) is 17.1 Å². The van der Waals surface area contributed by atoms with Crippen LogP contribution in [0.3, 0.4) is 0 Å². The molecule has 0 aromatic heterocycles. The molecule has 0 radical (unpaired) electrons. The van der Waals surface area contributed by atoms with E-state index in [4.69, 9.17) is 0 Å². The third-order valence-corrected chi connectivity index (χ3v) is 3.60. The van der Waals surface area contributed by atoms with E-state index in [9.17, 15) is 9.18 Å². The van der Waals surface area contributed by atoms with Crippen molar-refractivity contribution >= 4 is 5.78 Å². The van der Waals surface area contributed by atoms with Crippen molar-refractivity contribution in [3.8, 4) is 0 Å². The molecule has 1 nitrogen and oxygen atoms in total. The summed E-state index contributed by atoms with van der Waals surface area (Å²) >= 11 is 0. The highest BCUT2D eigenvalue weighted by molar-refractivity contribution is 5.95. The second-order valence-electron chi connectivity index (χ2n) is 4.60. The summed E-state index contributed by atoms with van der Waals surface area (Å²) in [4.78, 5) is 11.5. The molecule has 1 aliphatic carbocycles. The third-order valence-electron chi connectivity index (χ3n) is 3.60. The number of hydrogen-bond donors (Lipinski definition) is 0. The van der Waals surface area contributed by atoms with Crippen LogP contribution in [-0.2, 0) is 0 Å². The highest BCUT2D eigenvalue weighted by Crippen LogP contribution is 2.41. The van der Waals surface area contributed by atoms with Crippen LogP contribution in [0.1, 0.15) is 48.0 Å². The predicted molar refractivity (Wildman–Crippen MR) is 62.5 cm³/mol. The molecule has 1 aromatic carbocycles. The van der Waals surface area contributed by atoms with Crippen LogP contribution in [0.2, 0.25) is 0 Å². The minimum Gasteiger partial charge on any atom is -0.295 e. The van der Waals surface area contributed by atoms with Gasteiger partial charge in [-0.1, -0.05) is 30.7 Å². The van der Waals surface area contributed by atoms with E-state index in [0.717, 1.165) is 30.4 Å². The number of carbonyl (C=O) groups excluding carboxylic acids is 1. The van der Waals surface area contributed by atoms with E-state index < -0.39 is 0 Å². The Kier molecular flexibility index (Phi) is 3.37. The molecule has 0 saturated heterocycles. The van der Waals surface area contributed by atoms with Gasteiger partial charge in [0.05, 0.1) is 6.67 Å². The van der Waals surface area contributed by atoms with Gasteiger partial charge in [0.25, 0.3) is 0 Å². The molecule has 16 heavy (non-hydrogen) atoms. The first-order chi connectivity index (χ1) is 7.74. The number of halogens is 1. The second-order valence-corrected chi connectivity index (χ2v) is 4.60. The van der Waals surface area contributed by atoms with Crippen molar-refractivity contribution in [2.24, 2.45) is 5.92 Å². The van der Waals surface area contributed by atoms with Crippen LogP contribution < -0.4 is 0 Å². The fraction of sp³-hybridized carbons (Fsp3) is 0.500. The second kappa shape index (κ2) is 4.77. The number of carbonyl (C=O) groups is 1. The SMILES string of the molecule is CC(=O)c1ccccc1C1CCCC1CF. The molecule has 2 atom stereocenters. The maximum atomic E-state index is 12.9. The lowest BCUT2D eigenvalue weighted by molar-refractivity contribution is 0.101. The minimum absolute atomic E-state index is 0.0834. The van der Waals surface area contributed by atoms with Gasteiger partial charge in [-0.25, -0.2) is 0 Å². The van der Waals surface area contributed by atoms with E-state index in [1.54, 1.807) is 6.92 Å². The van der Waals surface area contributed by atoms with Gasteiger partial charge < -0.3 is 0 Å². The molecule has 1 aliphatic rings. The Balaban J connectivity index is 2.35. The maximum Gasteiger partial charge on any atom is 0.160 e. The van der Waals surface area contributed by atoms with Gasteiger partial charge in [-0.05, 0) is 37.2 Å². The van der Waals surface area contributed by atoms with Crippen LogP contribution in [0.5, 0.6) is 0 Å². The first kappa shape index (κ1) is 11.3. The minimum atomic E-state index is -0.267. The summed E-state index contributed by atoms with van der Waals surface area (Å²) in [5.41, 5.74) is 1.82. The van der Waals surface area contributed by atoms with Gasteiger partial charge in [0.15, 0.2) is 5.78 Å². The molecule has 86 valence electrons. The van der Waals surface area contributed by atoms with Gasteiger partial charge in [0.2, 0.25) is 0 Å². The molecule has 1 saturated carbocycles. The van der Waals surface area contributed by atoms with E-state index >= 15 is 0 Å². The zero-order chi connectivity index (χ0) is 11.5. The molecule has 1 aromatic rings. The molecule has 0 heterocycles. The van der Waals surface area contributed by atoms with Crippen LogP contribution in [0.15, 0.2) is 24.3 Å². The van der Waals surface area contributed by atoms with E-state index in [1.165, 1.54) is 0 Å². The van der Waals surface area contributed by atoms with Crippen molar-refractivity contribution in [1.29, 1.82) is 0 Å². The Morgan fingerprint density at radius 2 is 2.12 bits per heavy atom. The number of benzene rings is 1. The zero-order valence-corrected chi connectivity index (χ0v) is 9.58. The van der Waals surface area contributed by atoms with Crippen LogP contribution in [0, 0.1) is 5.92 Å². The van der Waals surface area contributed by atoms with E-state index in [2.05, 4.69) is 0 Å². The lowest BCUT2D eigenvalue weighted by atomic mass is 9.86. The molecule has 0 aliphatic heterocycles. The largest absolute Gasteiger partial charge is 0.295 e. The number of Topliss-reactive ketones (excluding diaryl/α,β-unsaturated/α-hetero) is 1. The van der Waals surface area contributed by atoms with E-state index in [-0.39, 0.29) is 24.3 Å². The summed E-state index contributed by atoms with van der Waals surface area (Å²) in [5, 5.41) is 0. The summed E-state index contributed by atoms with van der Waals surface area (Å²) in [7, 11) is 0. The molecule has 0 spiro atoms. The van der Waals surface area contributed by atoms with Gasteiger partial charge >= 0.3 is 0 Å². The van der Waals surface area contributed by atoms with Crippen LogP contribution in [-0.4, -0.2) is 12.5 Å². The van der Waals surface area contributed by atoms with E-state index in [1.807, 2.05) is 24.3 Å².